The largest absolute Gasteiger partial charge is 0.463 e. The molecule has 98 valence electrons. The van der Waals surface area contributed by atoms with Crippen LogP contribution in [-0.4, -0.2) is 12.6 Å². The molecular weight excluding hydrogens is 212 g/mol. The highest BCUT2D eigenvalue weighted by atomic mass is 16.5. The molecule has 1 rings (SSSR count). The Morgan fingerprint density at radius 2 is 1.88 bits per heavy atom. The van der Waals surface area contributed by atoms with Gasteiger partial charge >= 0.3 is 5.97 Å². The number of esters is 1. The van der Waals surface area contributed by atoms with Crippen LogP contribution < -0.4 is 0 Å². The molecule has 0 unspecified atom stereocenters. The summed E-state index contributed by atoms with van der Waals surface area (Å²) < 4.78 is 5.14. The van der Waals surface area contributed by atoms with Crippen molar-refractivity contribution in [2.75, 3.05) is 6.61 Å². The van der Waals surface area contributed by atoms with Gasteiger partial charge in [-0.15, -0.1) is 0 Å². The minimum atomic E-state index is -0.0577. The van der Waals surface area contributed by atoms with Gasteiger partial charge in [0, 0.05) is 5.57 Å². The topological polar surface area (TPSA) is 26.3 Å². The van der Waals surface area contributed by atoms with Gasteiger partial charge in [0.2, 0.25) is 0 Å². The minimum absolute atomic E-state index is 0.0577. The minimum Gasteiger partial charge on any atom is -0.463 e. The molecule has 1 aliphatic carbocycles. The van der Waals surface area contributed by atoms with Gasteiger partial charge in [-0.25, -0.2) is 4.79 Å². The fourth-order valence-electron chi connectivity index (χ4n) is 2.47. The van der Waals surface area contributed by atoms with Crippen LogP contribution in [0.25, 0.3) is 0 Å². The standard InChI is InChI=1S/C15H26O2/c1-3-5-6-7-10-13-11-8-9-12-14(13)15(16)17-4-2/h3-12H2,1-2H3. The first-order chi connectivity index (χ1) is 8.29. The molecule has 0 aromatic heterocycles. The van der Waals surface area contributed by atoms with Crippen molar-refractivity contribution in [2.24, 2.45) is 0 Å². The Bertz CT molecular complexity index is 266. The summed E-state index contributed by atoms with van der Waals surface area (Å²) in [6.07, 6.45) is 10.6. The molecule has 0 amide bonds. The van der Waals surface area contributed by atoms with Crippen molar-refractivity contribution in [3.63, 3.8) is 0 Å². The number of unbranched alkanes of at least 4 members (excludes halogenated alkanes) is 3. The van der Waals surface area contributed by atoms with Crippen molar-refractivity contribution < 1.29 is 9.53 Å². The molecular formula is C15H26O2. The summed E-state index contributed by atoms with van der Waals surface area (Å²) in [5.74, 6) is -0.0577. The Labute approximate surface area is 105 Å². The second-order valence-electron chi connectivity index (χ2n) is 4.82. The van der Waals surface area contributed by atoms with Crippen LogP contribution in [0.1, 0.15) is 71.6 Å². The molecule has 0 aromatic carbocycles. The molecule has 0 aromatic rings. The highest BCUT2D eigenvalue weighted by Crippen LogP contribution is 2.29. The first-order valence-electron chi connectivity index (χ1n) is 7.17. The van der Waals surface area contributed by atoms with E-state index < -0.39 is 0 Å². The predicted octanol–water partition coefficient (Wildman–Crippen LogP) is 4.39. The van der Waals surface area contributed by atoms with Crippen molar-refractivity contribution in [1.82, 2.24) is 0 Å². The number of carbonyl (C=O) groups excluding carboxylic acids is 1. The van der Waals surface area contributed by atoms with E-state index in [2.05, 4.69) is 6.92 Å². The Morgan fingerprint density at radius 3 is 2.59 bits per heavy atom. The lowest BCUT2D eigenvalue weighted by Crippen LogP contribution is -2.13. The van der Waals surface area contributed by atoms with E-state index in [9.17, 15) is 4.79 Å². The fraction of sp³-hybridized carbons (Fsp3) is 0.800. The lowest BCUT2D eigenvalue weighted by Gasteiger charge is -2.19. The number of ether oxygens (including phenoxy) is 1. The SMILES string of the molecule is CCCCCCC1=C(C(=O)OCC)CCCC1. The van der Waals surface area contributed by atoms with Crippen molar-refractivity contribution >= 4 is 5.97 Å². The van der Waals surface area contributed by atoms with Crippen LogP contribution in [-0.2, 0) is 9.53 Å². The second-order valence-corrected chi connectivity index (χ2v) is 4.82. The Kier molecular flexibility index (Phi) is 6.99. The maximum Gasteiger partial charge on any atom is 0.333 e. The molecule has 0 atom stereocenters. The monoisotopic (exact) mass is 238 g/mol. The smallest absolute Gasteiger partial charge is 0.333 e. The molecule has 17 heavy (non-hydrogen) atoms. The van der Waals surface area contributed by atoms with E-state index in [1.165, 1.54) is 37.7 Å². The summed E-state index contributed by atoms with van der Waals surface area (Å²) in [6.45, 7) is 4.59. The van der Waals surface area contributed by atoms with Crippen molar-refractivity contribution in [1.29, 1.82) is 0 Å². The third kappa shape index (κ3) is 4.93. The summed E-state index contributed by atoms with van der Waals surface area (Å²) in [5, 5.41) is 0. The maximum atomic E-state index is 11.8. The number of rotatable bonds is 7. The summed E-state index contributed by atoms with van der Waals surface area (Å²) in [5.41, 5.74) is 2.38. The molecule has 2 nitrogen and oxygen atoms in total. The first kappa shape index (κ1) is 14.3. The van der Waals surface area contributed by atoms with E-state index in [4.69, 9.17) is 4.74 Å². The Hall–Kier alpha value is -0.790. The number of hydrogen-bond acceptors (Lipinski definition) is 2. The molecule has 0 N–H and O–H groups in total. The van der Waals surface area contributed by atoms with Gasteiger partial charge in [-0.3, -0.25) is 0 Å². The van der Waals surface area contributed by atoms with Crippen LogP contribution in [0.4, 0.5) is 0 Å². The molecule has 0 heterocycles. The van der Waals surface area contributed by atoms with Crippen LogP contribution in [0.15, 0.2) is 11.1 Å². The van der Waals surface area contributed by atoms with Crippen LogP contribution in [0, 0.1) is 0 Å². The zero-order valence-electron chi connectivity index (χ0n) is 11.4. The lowest BCUT2D eigenvalue weighted by molar-refractivity contribution is -0.138. The normalized spacial score (nSPS) is 16.1. The van der Waals surface area contributed by atoms with Crippen LogP contribution >= 0.6 is 0 Å². The van der Waals surface area contributed by atoms with Gasteiger partial charge in [-0.1, -0.05) is 31.8 Å². The quantitative estimate of drug-likeness (QED) is 0.485. The zero-order valence-corrected chi connectivity index (χ0v) is 11.4. The van der Waals surface area contributed by atoms with E-state index in [0.29, 0.717) is 6.61 Å². The van der Waals surface area contributed by atoms with Gasteiger partial charge in [0.15, 0.2) is 0 Å². The van der Waals surface area contributed by atoms with E-state index >= 15 is 0 Å². The molecule has 0 saturated carbocycles. The third-order valence-electron chi connectivity index (χ3n) is 3.44. The van der Waals surface area contributed by atoms with E-state index in [0.717, 1.165) is 31.3 Å². The van der Waals surface area contributed by atoms with Crippen molar-refractivity contribution in [3.05, 3.63) is 11.1 Å². The number of hydrogen-bond donors (Lipinski definition) is 0. The molecule has 0 saturated heterocycles. The summed E-state index contributed by atoms with van der Waals surface area (Å²) in [4.78, 5) is 11.8. The molecule has 0 bridgehead atoms. The summed E-state index contributed by atoms with van der Waals surface area (Å²) >= 11 is 0. The van der Waals surface area contributed by atoms with Gasteiger partial charge in [-0.2, -0.15) is 0 Å². The van der Waals surface area contributed by atoms with E-state index in [1.807, 2.05) is 6.92 Å². The van der Waals surface area contributed by atoms with Gasteiger partial charge in [0.05, 0.1) is 6.61 Å². The average Bonchev–Trinajstić information content (AvgIpc) is 2.35. The highest BCUT2D eigenvalue weighted by Gasteiger charge is 2.19. The van der Waals surface area contributed by atoms with Gasteiger partial charge in [0.1, 0.15) is 0 Å². The Balaban J connectivity index is 2.51. The second kappa shape index (κ2) is 8.32. The maximum absolute atomic E-state index is 11.8. The first-order valence-corrected chi connectivity index (χ1v) is 7.17. The van der Waals surface area contributed by atoms with Crippen LogP contribution in [0.2, 0.25) is 0 Å². The molecule has 2 heteroatoms. The van der Waals surface area contributed by atoms with Crippen LogP contribution in [0.3, 0.4) is 0 Å². The van der Waals surface area contributed by atoms with E-state index in [1.54, 1.807) is 0 Å². The van der Waals surface area contributed by atoms with Crippen molar-refractivity contribution in [2.45, 2.75) is 71.6 Å². The Morgan fingerprint density at radius 1 is 1.12 bits per heavy atom. The van der Waals surface area contributed by atoms with Gasteiger partial charge in [0.25, 0.3) is 0 Å². The number of carbonyl (C=O) groups is 1. The summed E-state index contributed by atoms with van der Waals surface area (Å²) in [7, 11) is 0. The van der Waals surface area contributed by atoms with E-state index in [-0.39, 0.29) is 5.97 Å². The van der Waals surface area contributed by atoms with Crippen molar-refractivity contribution in [3.8, 4) is 0 Å². The fourth-order valence-corrected chi connectivity index (χ4v) is 2.47. The van der Waals surface area contributed by atoms with Gasteiger partial charge < -0.3 is 4.74 Å². The average molecular weight is 238 g/mol. The lowest BCUT2D eigenvalue weighted by atomic mass is 9.88. The number of allylic oxidation sites excluding steroid dienone is 1. The molecule has 0 spiro atoms. The predicted molar refractivity (Wildman–Crippen MR) is 70.9 cm³/mol. The zero-order chi connectivity index (χ0) is 12.5. The highest BCUT2D eigenvalue weighted by molar-refractivity contribution is 5.89. The third-order valence-corrected chi connectivity index (χ3v) is 3.44. The van der Waals surface area contributed by atoms with Gasteiger partial charge in [-0.05, 0) is 45.4 Å². The summed E-state index contributed by atoms with van der Waals surface area (Å²) in [6, 6.07) is 0. The molecule has 1 aliphatic rings. The molecule has 0 radical (unpaired) electrons. The molecule has 0 aliphatic heterocycles. The molecule has 0 fully saturated rings. The van der Waals surface area contributed by atoms with Crippen LogP contribution in [0.5, 0.6) is 0 Å².